The Morgan fingerprint density at radius 1 is 0.735 bits per heavy atom. The molecule has 0 unspecified atom stereocenters. The number of nitrogen functional groups attached to an aromatic ring is 4. The normalized spacial score (nSPS) is 18.3. The first kappa shape index (κ1) is 23.9. The van der Waals surface area contributed by atoms with Crippen molar-refractivity contribution >= 4 is 22.7 Å². The third-order valence-electron chi connectivity index (χ3n) is 7.40. The van der Waals surface area contributed by atoms with Crippen molar-refractivity contribution < 1.29 is 0 Å². The maximum atomic E-state index is 6.42. The molecule has 3 aromatic carbocycles. The summed E-state index contributed by atoms with van der Waals surface area (Å²) in [4.78, 5) is 2.20. The molecular formula is C28H38N6. The fraction of sp³-hybridized carbons (Fsp3) is 0.357. The lowest BCUT2D eigenvalue weighted by molar-refractivity contribution is 0.257. The van der Waals surface area contributed by atoms with E-state index in [1.54, 1.807) is 0 Å². The van der Waals surface area contributed by atoms with E-state index in [1.165, 1.54) is 37.7 Å². The van der Waals surface area contributed by atoms with Crippen LogP contribution in [0.15, 0.2) is 54.6 Å². The molecule has 0 bridgehead atoms. The first-order valence-corrected chi connectivity index (χ1v) is 12.2. The van der Waals surface area contributed by atoms with E-state index >= 15 is 0 Å². The molecule has 1 fully saturated rings. The molecule has 0 spiro atoms. The van der Waals surface area contributed by atoms with Crippen LogP contribution in [-0.2, 0) is 0 Å². The predicted octanol–water partition coefficient (Wildman–Crippen LogP) is 4.86. The Bertz CT molecular complexity index is 1090. The zero-order valence-electron chi connectivity index (χ0n) is 20.1. The van der Waals surface area contributed by atoms with Crippen molar-refractivity contribution in [2.45, 2.75) is 38.0 Å². The molecule has 1 saturated carbocycles. The zero-order valence-corrected chi connectivity index (χ0v) is 20.1. The molecule has 0 heterocycles. The molecule has 6 nitrogen and oxygen atoms in total. The highest BCUT2D eigenvalue weighted by atomic mass is 15.1. The number of nitrogens with zero attached hydrogens (tertiary/aromatic N) is 1. The van der Waals surface area contributed by atoms with Gasteiger partial charge in [-0.1, -0.05) is 36.4 Å². The minimum absolute atomic E-state index is 0.409. The number of rotatable bonds is 7. The second-order valence-corrected chi connectivity index (χ2v) is 9.76. The Kier molecular flexibility index (Phi) is 7.29. The molecule has 10 N–H and O–H groups in total. The fourth-order valence-electron chi connectivity index (χ4n) is 5.09. The van der Waals surface area contributed by atoms with E-state index in [0.29, 0.717) is 35.3 Å². The van der Waals surface area contributed by atoms with Gasteiger partial charge in [-0.25, -0.2) is 0 Å². The zero-order chi connectivity index (χ0) is 24.2. The number of nitrogens with two attached hydrogens (primary N) is 5. The topological polar surface area (TPSA) is 133 Å². The van der Waals surface area contributed by atoms with Gasteiger partial charge in [-0.2, -0.15) is 0 Å². The van der Waals surface area contributed by atoms with Crippen LogP contribution in [0, 0.1) is 5.92 Å². The summed E-state index contributed by atoms with van der Waals surface area (Å²) < 4.78 is 0. The van der Waals surface area contributed by atoms with Crippen LogP contribution in [0.3, 0.4) is 0 Å². The Labute approximate surface area is 203 Å². The summed E-state index contributed by atoms with van der Waals surface area (Å²) in [7, 11) is 2.10. The van der Waals surface area contributed by atoms with Gasteiger partial charge >= 0.3 is 0 Å². The molecule has 180 valence electrons. The van der Waals surface area contributed by atoms with Gasteiger partial charge in [0.1, 0.15) is 0 Å². The van der Waals surface area contributed by atoms with E-state index < -0.39 is 0 Å². The van der Waals surface area contributed by atoms with E-state index in [4.69, 9.17) is 28.7 Å². The summed E-state index contributed by atoms with van der Waals surface area (Å²) in [5, 5.41) is 0. The SMILES string of the molecule is CN(CN)CCC1CCC(c2ccc(-c3ccc(-c4cc(N)c(N)c(N)c4)c(N)c3)cc2)CC1. The minimum atomic E-state index is 0.409. The van der Waals surface area contributed by atoms with Gasteiger partial charge in [0.15, 0.2) is 0 Å². The lowest BCUT2D eigenvalue weighted by Gasteiger charge is -2.30. The predicted molar refractivity (Wildman–Crippen MR) is 146 cm³/mol. The number of hydrogen-bond acceptors (Lipinski definition) is 6. The Morgan fingerprint density at radius 3 is 1.91 bits per heavy atom. The van der Waals surface area contributed by atoms with E-state index in [0.717, 1.165) is 34.7 Å². The highest BCUT2D eigenvalue weighted by molar-refractivity contribution is 5.89. The third kappa shape index (κ3) is 5.29. The largest absolute Gasteiger partial charge is 0.398 e. The van der Waals surface area contributed by atoms with E-state index in [1.807, 2.05) is 24.3 Å². The molecule has 0 saturated heterocycles. The second-order valence-electron chi connectivity index (χ2n) is 9.76. The molecule has 1 aliphatic carbocycles. The van der Waals surface area contributed by atoms with Crippen molar-refractivity contribution in [3.8, 4) is 22.3 Å². The molecule has 0 radical (unpaired) electrons. The van der Waals surface area contributed by atoms with Gasteiger partial charge in [0.25, 0.3) is 0 Å². The van der Waals surface area contributed by atoms with Crippen LogP contribution in [0.2, 0.25) is 0 Å². The Balaban J connectivity index is 1.42. The van der Waals surface area contributed by atoms with Gasteiger partial charge < -0.3 is 28.7 Å². The smallest absolute Gasteiger partial charge is 0.0781 e. The minimum Gasteiger partial charge on any atom is -0.398 e. The van der Waals surface area contributed by atoms with Crippen LogP contribution in [0.5, 0.6) is 0 Å². The second kappa shape index (κ2) is 10.4. The number of hydrogen-bond donors (Lipinski definition) is 5. The average molecular weight is 459 g/mol. The maximum absolute atomic E-state index is 6.42. The molecule has 6 heteroatoms. The van der Waals surface area contributed by atoms with Gasteiger partial charge in [0.2, 0.25) is 0 Å². The van der Waals surface area contributed by atoms with Gasteiger partial charge in [-0.3, -0.25) is 4.90 Å². The lowest BCUT2D eigenvalue weighted by Crippen LogP contribution is -2.28. The molecule has 0 aromatic heterocycles. The van der Waals surface area contributed by atoms with Crippen molar-refractivity contribution in [2.75, 3.05) is 43.2 Å². The van der Waals surface area contributed by atoms with Gasteiger partial charge in [-0.15, -0.1) is 0 Å². The van der Waals surface area contributed by atoms with Gasteiger partial charge in [0, 0.05) is 17.9 Å². The van der Waals surface area contributed by atoms with Crippen LogP contribution < -0.4 is 28.7 Å². The van der Waals surface area contributed by atoms with Crippen molar-refractivity contribution in [3.05, 3.63) is 60.2 Å². The van der Waals surface area contributed by atoms with Crippen molar-refractivity contribution in [2.24, 2.45) is 11.7 Å². The number of anilines is 4. The fourth-order valence-corrected chi connectivity index (χ4v) is 5.09. The van der Waals surface area contributed by atoms with Crippen molar-refractivity contribution in [1.82, 2.24) is 4.90 Å². The van der Waals surface area contributed by atoms with E-state index in [2.05, 4.69) is 42.3 Å². The molecule has 0 aliphatic heterocycles. The Hall–Kier alpha value is -3.22. The standard InChI is InChI=1S/C28H38N6/c1-34(17-29)13-12-18-2-4-19(5-3-18)20-6-8-21(9-7-20)22-10-11-24(25(30)14-22)23-15-26(31)28(33)27(32)16-23/h6-11,14-16,18-19H,2-5,12-13,17,29-33H2,1H3. The van der Waals surface area contributed by atoms with Crippen molar-refractivity contribution in [1.29, 1.82) is 0 Å². The quantitative estimate of drug-likeness (QED) is 0.253. The number of benzene rings is 3. The summed E-state index contributed by atoms with van der Waals surface area (Å²) in [6.45, 7) is 1.74. The third-order valence-corrected chi connectivity index (χ3v) is 7.40. The molecule has 0 atom stereocenters. The van der Waals surface area contributed by atoms with Gasteiger partial charge in [-0.05, 0) is 98.0 Å². The maximum Gasteiger partial charge on any atom is 0.0781 e. The van der Waals surface area contributed by atoms with Crippen LogP contribution in [-0.4, -0.2) is 25.2 Å². The highest BCUT2D eigenvalue weighted by Crippen LogP contribution is 2.39. The van der Waals surface area contributed by atoms with Crippen LogP contribution >= 0.6 is 0 Å². The molecule has 34 heavy (non-hydrogen) atoms. The van der Waals surface area contributed by atoms with Crippen LogP contribution in [0.1, 0.15) is 43.6 Å². The van der Waals surface area contributed by atoms with Gasteiger partial charge in [0.05, 0.1) is 17.1 Å². The molecule has 0 amide bonds. The summed E-state index contributed by atoms with van der Waals surface area (Å²) in [6.07, 6.45) is 6.41. The van der Waals surface area contributed by atoms with Crippen molar-refractivity contribution in [3.63, 3.8) is 0 Å². The lowest BCUT2D eigenvalue weighted by atomic mass is 9.77. The summed E-state index contributed by atoms with van der Waals surface area (Å²) in [5.74, 6) is 1.49. The summed E-state index contributed by atoms with van der Waals surface area (Å²) in [6, 6.07) is 18.8. The Morgan fingerprint density at radius 2 is 1.32 bits per heavy atom. The van der Waals surface area contributed by atoms with Crippen LogP contribution in [0.4, 0.5) is 22.7 Å². The first-order valence-electron chi connectivity index (χ1n) is 12.2. The van der Waals surface area contributed by atoms with Crippen LogP contribution in [0.25, 0.3) is 22.3 Å². The van der Waals surface area contributed by atoms with E-state index in [-0.39, 0.29) is 0 Å². The molecule has 1 aliphatic rings. The first-order chi connectivity index (χ1) is 16.4. The monoisotopic (exact) mass is 458 g/mol. The summed E-state index contributed by atoms with van der Waals surface area (Å²) in [5.41, 5.74) is 37.5. The average Bonchev–Trinajstić information content (AvgIpc) is 2.86. The highest BCUT2D eigenvalue weighted by Gasteiger charge is 2.22. The van der Waals surface area contributed by atoms with E-state index in [9.17, 15) is 0 Å². The molecule has 4 rings (SSSR count). The molecule has 3 aromatic rings. The summed E-state index contributed by atoms with van der Waals surface area (Å²) >= 11 is 0. The molecular weight excluding hydrogens is 420 g/mol.